The highest BCUT2D eigenvalue weighted by Crippen LogP contribution is 2.44. The average molecular weight is 330 g/mol. The Labute approximate surface area is 124 Å². The van der Waals surface area contributed by atoms with E-state index >= 15 is 0 Å². The van der Waals surface area contributed by atoms with E-state index in [1.165, 1.54) is 6.33 Å². The second kappa shape index (κ2) is 5.58. The van der Waals surface area contributed by atoms with Gasteiger partial charge in [-0.2, -0.15) is 0 Å². The molecule has 0 bridgehead atoms. The van der Waals surface area contributed by atoms with Crippen LogP contribution < -0.4 is 5.73 Å². The molecule has 2 aromatic rings. The number of phosphoric ester groups is 1. The molecule has 0 amide bonds. The predicted octanol–water partition coefficient (Wildman–Crippen LogP) is -0.229. The van der Waals surface area contributed by atoms with Crippen LogP contribution in [0.5, 0.6) is 0 Å². The summed E-state index contributed by atoms with van der Waals surface area (Å²) >= 11 is 0. The molecule has 3 heterocycles. The fourth-order valence-electron chi connectivity index (χ4n) is 2.55. The first-order chi connectivity index (χ1) is 10.4. The summed E-state index contributed by atoms with van der Waals surface area (Å²) in [4.78, 5) is 25.9. The quantitative estimate of drug-likeness (QED) is 0.557. The Bertz CT molecular complexity index is 730. The lowest BCUT2D eigenvalue weighted by Crippen LogP contribution is -2.26. The van der Waals surface area contributed by atoms with Gasteiger partial charge in [-0.1, -0.05) is 0 Å². The van der Waals surface area contributed by atoms with Crippen molar-refractivity contribution >= 4 is 24.7 Å². The third kappa shape index (κ3) is 2.84. The van der Waals surface area contributed by atoms with Gasteiger partial charge in [0.05, 0.1) is 12.0 Å². The van der Waals surface area contributed by atoms with Crippen LogP contribution in [0.3, 0.4) is 0 Å². The lowest BCUT2D eigenvalue weighted by atomic mass is 10.2. The molecule has 3 rings (SSSR count). The minimum absolute atomic E-state index is 0.157. The molecule has 5 N–H and O–H groups in total. The first-order valence-electron chi connectivity index (χ1n) is 6.46. The summed E-state index contributed by atoms with van der Waals surface area (Å²) < 4.78 is 22.9. The maximum absolute atomic E-state index is 11.0. The molecule has 0 radical (unpaired) electrons. The van der Waals surface area contributed by atoms with E-state index in [2.05, 4.69) is 14.5 Å². The van der Waals surface area contributed by atoms with Crippen molar-refractivity contribution in [2.24, 2.45) is 0 Å². The van der Waals surface area contributed by atoms with Crippen LogP contribution in [0.2, 0.25) is 0 Å². The molecule has 0 aromatic carbocycles. The third-order valence-corrected chi connectivity index (χ3v) is 4.03. The number of fused-ring (bicyclic) bond motifs is 1. The van der Waals surface area contributed by atoms with Crippen molar-refractivity contribution in [2.45, 2.75) is 24.9 Å². The molecule has 2 aromatic heterocycles. The van der Waals surface area contributed by atoms with Gasteiger partial charge in [0.2, 0.25) is 0 Å². The molecular formula is C11H15N4O6P. The van der Waals surface area contributed by atoms with Gasteiger partial charge >= 0.3 is 7.82 Å². The Morgan fingerprint density at radius 2 is 2.27 bits per heavy atom. The molecule has 1 aliphatic heterocycles. The topological polar surface area (TPSA) is 153 Å². The fourth-order valence-corrected chi connectivity index (χ4v) is 3.12. The molecule has 1 aliphatic rings. The number of nitrogens with two attached hydrogens (primary N) is 1. The number of aliphatic hydroxyl groups is 1. The largest absolute Gasteiger partial charge is 0.469 e. The predicted molar refractivity (Wildman–Crippen MR) is 74.5 cm³/mol. The Kier molecular flexibility index (Phi) is 3.89. The van der Waals surface area contributed by atoms with E-state index in [1.54, 1.807) is 16.8 Å². The van der Waals surface area contributed by atoms with Gasteiger partial charge in [0.25, 0.3) is 0 Å². The third-order valence-electron chi connectivity index (χ3n) is 3.48. The molecule has 10 nitrogen and oxygen atoms in total. The lowest BCUT2D eigenvalue weighted by Gasteiger charge is -2.16. The fraction of sp³-hybridized carbons (Fsp3) is 0.455. The molecule has 120 valence electrons. The smallest absolute Gasteiger partial charge is 0.394 e. The van der Waals surface area contributed by atoms with Crippen molar-refractivity contribution in [3.8, 4) is 0 Å². The lowest BCUT2D eigenvalue weighted by molar-refractivity contribution is -0.0424. The van der Waals surface area contributed by atoms with E-state index in [9.17, 15) is 9.67 Å². The minimum Gasteiger partial charge on any atom is -0.394 e. The van der Waals surface area contributed by atoms with Crippen molar-refractivity contribution in [3.05, 3.63) is 18.6 Å². The normalized spacial score (nSPS) is 25.9. The van der Waals surface area contributed by atoms with Crippen molar-refractivity contribution in [3.63, 3.8) is 0 Å². The summed E-state index contributed by atoms with van der Waals surface area (Å²) in [5.74, 6) is 0.323. The first-order valence-corrected chi connectivity index (χ1v) is 7.99. The molecular weight excluding hydrogens is 315 g/mol. The van der Waals surface area contributed by atoms with E-state index in [0.29, 0.717) is 16.9 Å². The Balaban J connectivity index is 1.89. The van der Waals surface area contributed by atoms with Gasteiger partial charge in [0.15, 0.2) is 0 Å². The summed E-state index contributed by atoms with van der Waals surface area (Å²) in [5, 5.41) is 9.94. The van der Waals surface area contributed by atoms with Gasteiger partial charge < -0.3 is 29.9 Å². The maximum atomic E-state index is 11.0. The second-order valence-electron chi connectivity index (χ2n) is 4.90. The number of hydrogen-bond acceptors (Lipinski definition) is 7. The summed E-state index contributed by atoms with van der Waals surface area (Å²) in [6.45, 7) is -0.419. The van der Waals surface area contributed by atoms with E-state index in [4.69, 9.17) is 20.3 Å². The molecule has 22 heavy (non-hydrogen) atoms. The number of anilines is 1. The molecule has 0 saturated carbocycles. The highest BCUT2D eigenvalue weighted by atomic mass is 31.2. The summed E-state index contributed by atoms with van der Waals surface area (Å²) in [7, 11) is -4.67. The number of nitrogen functional groups attached to an aromatic ring is 1. The van der Waals surface area contributed by atoms with Crippen LogP contribution in [-0.4, -0.2) is 48.2 Å². The van der Waals surface area contributed by atoms with E-state index < -0.39 is 32.9 Å². The van der Waals surface area contributed by atoms with Crippen LogP contribution in [-0.2, 0) is 13.8 Å². The van der Waals surface area contributed by atoms with Crippen LogP contribution in [0.4, 0.5) is 5.82 Å². The van der Waals surface area contributed by atoms with E-state index in [1.807, 2.05) is 0 Å². The first kappa shape index (κ1) is 15.3. The monoisotopic (exact) mass is 330 g/mol. The van der Waals surface area contributed by atoms with Gasteiger partial charge in [-0.15, -0.1) is 0 Å². The van der Waals surface area contributed by atoms with Gasteiger partial charge in [-0.3, -0.25) is 4.52 Å². The Hall–Kier alpha value is -1.55. The van der Waals surface area contributed by atoms with E-state index in [-0.39, 0.29) is 6.42 Å². The van der Waals surface area contributed by atoms with Crippen LogP contribution in [0.15, 0.2) is 18.6 Å². The summed E-state index contributed by atoms with van der Waals surface area (Å²) in [6.07, 6.45) is 0.817. The van der Waals surface area contributed by atoms with Crippen LogP contribution in [0, 0.1) is 0 Å². The number of aromatic nitrogens is 3. The van der Waals surface area contributed by atoms with Gasteiger partial charge in [-0.25, -0.2) is 14.5 Å². The van der Waals surface area contributed by atoms with E-state index in [0.717, 1.165) is 0 Å². The number of nitrogens with zero attached hydrogens (tertiary/aromatic N) is 3. The van der Waals surface area contributed by atoms with Crippen LogP contribution >= 0.6 is 7.82 Å². The number of phosphoric acid groups is 1. The zero-order valence-electron chi connectivity index (χ0n) is 11.3. The standard InChI is InChI=1S/C11H15N4O6P/c12-10-6-1-2-15(11(6)14-5-13-10)9-3-7(8(4-16)20-9)21-22(17,18)19/h1-2,5,7-9,16H,3-4H2,(H2,12,13,14)(H2,17,18,19)/t7-,8+,9+/m0/s1. The summed E-state index contributed by atoms with van der Waals surface area (Å²) in [6, 6.07) is 1.72. The molecule has 11 heteroatoms. The maximum Gasteiger partial charge on any atom is 0.469 e. The average Bonchev–Trinajstić information content (AvgIpc) is 3.01. The SMILES string of the molecule is Nc1ncnc2c1ccn2[C@H]1C[C@H](OP(=O)(O)O)[C@@H](CO)O1. The molecule has 1 fully saturated rings. The Morgan fingerprint density at radius 3 is 2.95 bits per heavy atom. The van der Waals surface area contributed by atoms with Gasteiger partial charge in [0, 0.05) is 12.6 Å². The van der Waals surface area contributed by atoms with Gasteiger partial charge in [-0.05, 0) is 6.07 Å². The van der Waals surface area contributed by atoms with Crippen molar-refractivity contribution in [1.82, 2.24) is 14.5 Å². The summed E-state index contributed by atoms with van der Waals surface area (Å²) in [5.41, 5.74) is 6.29. The highest BCUT2D eigenvalue weighted by Gasteiger charge is 2.40. The zero-order chi connectivity index (χ0) is 15.9. The van der Waals surface area contributed by atoms with Crippen molar-refractivity contribution in [1.29, 1.82) is 0 Å². The van der Waals surface area contributed by atoms with Crippen LogP contribution in [0.25, 0.3) is 11.0 Å². The van der Waals surface area contributed by atoms with Crippen molar-refractivity contribution < 1.29 is 28.7 Å². The van der Waals surface area contributed by atoms with Crippen LogP contribution in [0.1, 0.15) is 12.6 Å². The van der Waals surface area contributed by atoms with Gasteiger partial charge in [0.1, 0.15) is 36.2 Å². The van der Waals surface area contributed by atoms with Crippen molar-refractivity contribution in [2.75, 3.05) is 12.3 Å². The highest BCUT2D eigenvalue weighted by molar-refractivity contribution is 7.46. The second-order valence-corrected chi connectivity index (χ2v) is 6.09. The molecule has 3 atom stereocenters. The number of ether oxygens (including phenoxy) is 1. The number of aliphatic hydroxyl groups excluding tert-OH is 1. The zero-order valence-corrected chi connectivity index (χ0v) is 12.2. The molecule has 0 spiro atoms. The molecule has 1 saturated heterocycles. The molecule has 0 aliphatic carbocycles. The number of rotatable bonds is 4. The minimum atomic E-state index is -4.67. The molecule has 0 unspecified atom stereocenters. The number of hydrogen-bond donors (Lipinski definition) is 4. The Morgan fingerprint density at radius 1 is 1.50 bits per heavy atom.